The van der Waals surface area contributed by atoms with Gasteiger partial charge in [-0.3, -0.25) is 9.59 Å². The van der Waals surface area contributed by atoms with Crippen molar-refractivity contribution in [3.05, 3.63) is 76.9 Å². The number of aliphatic carboxylic acids is 2. The quantitative estimate of drug-likeness (QED) is 0.687. The molecule has 2 N–H and O–H groups in total. The maximum atomic E-state index is 12.8. The molecule has 0 saturated carbocycles. The van der Waals surface area contributed by atoms with Crippen LogP contribution in [0.4, 0.5) is 0 Å². The number of ketones is 1. The zero-order valence-electron chi connectivity index (χ0n) is 15.3. The number of hydrogen-bond acceptors (Lipinski definition) is 3. The number of carbonyl (C=O) groups excluding carboxylic acids is 1. The summed E-state index contributed by atoms with van der Waals surface area (Å²) in [5, 5.41) is 18.7. The molecule has 0 bridgehead atoms. The van der Waals surface area contributed by atoms with Crippen molar-refractivity contribution >= 4 is 23.3 Å². The molecule has 1 atom stereocenters. The van der Waals surface area contributed by atoms with Gasteiger partial charge in [0.1, 0.15) is 5.78 Å². The number of allylic oxidation sites excluding steroid dienone is 1. The van der Waals surface area contributed by atoms with Crippen molar-refractivity contribution < 1.29 is 24.6 Å². The summed E-state index contributed by atoms with van der Waals surface area (Å²) in [6, 6.07) is 16.3. The molecule has 0 heterocycles. The molecule has 0 aromatic heterocycles. The van der Waals surface area contributed by atoms with Crippen molar-refractivity contribution in [1.82, 2.24) is 0 Å². The van der Waals surface area contributed by atoms with Crippen LogP contribution in [0.3, 0.4) is 0 Å². The Bertz CT molecular complexity index is 863. The van der Waals surface area contributed by atoms with Crippen LogP contribution >= 0.6 is 0 Å². The Labute approximate surface area is 158 Å². The molecule has 2 aromatic carbocycles. The van der Waals surface area contributed by atoms with E-state index in [1.54, 1.807) is 31.2 Å². The normalized spacial score (nSPS) is 12.8. The lowest BCUT2D eigenvalue weighted by atomic mass is 9.87. The van der Waals surface area contributed by atoms with Gasteiger partial charge in [-0.25, -0.2) is 4.79 Å². The first-order valence-electron chi connectivity index (χ1n) is 8.61. The van der Waals surface area contributed by atoms with Crippen LogP contribution in [0.5, 0.6) is 0 Å². The smallest absolute Gasteiger partial charge is 0.332 e. The number of benzene rings is 2. The van der Waals surface area contributed by atoms with Crippen molar-refractivity contribution in [2.24, 2.45) is 0 Å². The van der Waals surface area contributed by atoms with Crippen LogP contribution in [0.1, 0.15) is 42.4 Å². The zero-order chi connectivity index (χ0) is 20.0. The van der Waals surface area contributed by atoms with Gasteiger partial charge in [0.05, 0.1) is 12.0 Å². The van der Waals surface area contributed by atoms with Crippen LogP contribution in [-0.4, -0.2) is 27.9 Å². The molecule has 2 rings (SSSR count). The monoisotopic (exact) mass is 366 g/mol. The summed E-state index contributed by atoms with van der Waals surface area (Å²) in [5.74, 6) is -3.17. The van der Waals surface area contributed by atoms with Crippen molar-refractivity contribution in [2.75, 3.05) is 0 Å². The number of carboxylic acids is 2. The van der Waals surface area contributed by atoms with Crippen LogP contribution < -0.4 is 0 Å². The molecule has 0 radical (unpaired) electrons. The number of aryl methyl sites for hydroxylation is 1. The number of Topliss-reactive ketones (excluding diaryl/α,β-unsaturated/α-hetero) is 1. The van der Waals surface area contributed by atoms with Gasteiger partial charge in [-0.05, 0) is 23.6 Å². The number of carboxylic acid groups (broad SMARTS) is 2. The summed E-state index contributed by atoms with van der Waals surface area (Å²) in [6.07, 6.45) is -0.792. The van der Waals surface area contributed by atoms with Crippen molar-refractivity contribution in [1.29, 1.82) is 0 Å². The Morgan fingerprint density at radius 2 is 1.48 bits per heavy atom. The summed E-state index contributed by atoms with van der Waals surface area (Å²) in [7, 11) is 0. The summed E-state index contributed by atoms with van der Waals surface area (Å²) in [6.45, 7) is 3.66. The third-order valence-corrected chi connectivity index (χ3v) is 4.48. The van der Waals surface area contributed by atoms with E-state index in [1.807, 2.05) is 37.3 Å². The first-order chi connectivity index (χ1) is 12.8. The molecule has 140 valence electrons. The van der Waals surface area contributed by atoms with Crippen LogP contribution in [0.25, 0.3) is 5.57 Å². The van der Waals surface area contributed by atoms with E-state index in [1.165, 1.54) is 0 Å². The van der Waals surface area contributed by atoms with Gasteiger partial charge < -0.3 is 10.2 Å². The lowest BCUT2D eigenvalue weighted by molar-refractivity contribution is -0.139. The predicted molar refractivity (Wildman–Crippen MR) is 102 cm³/mol. The minimum absolute atomic E-state index is 0.145. The van der Waals surface area contributed by atoms with Crippen LogP contribution in [0.15, 0.2) is 60.2 Å². The molecule has 0 spiro atoms. The van der Waals surface area contributed by atoms with Gasteiger partial charge in [0.25, 0.3) is 0 Å². The molecular weight excluding hydrogens is 344 g/mol. The minimum Gasteiger partial charge on any atom is -0.481 e. The second-order valence-corrected chi connectivity index (χ2v) is 6.47. The molecule has 5 heteroatoms. The summed E-state index contributed by atoms with van der Waals surface area (Å²) in [4.78, 5) is 35.7. The second kappa shape index (κ2) is 8.94. The molecule has 0 aliphatic carbocycles. The lowest BCUT2D eigenvalue weighted by Gasteiger charge is -2.16. The van der Waals surface area contributed by atoms with E-state index in [4.69, 9.17) is 5.11 Å². The predicted octanol–water partition coefficient (Wildman–Crippen LogP) is 4.07. The Morgan fingerprint density at radius 1 is 0.889 bits per heavy atom. The molecule has 0 saturated heterocycles. The maximum Gasteiger partial charge on any atom is 0.332 e. The first-order valence-corrected chi connectivity index (χ1v) is 8.61. The highest BCUT2D eigenvalue weighted by molar-refractivity contribution is 6.05. The van der Waals surface area contributed by atoms with Crippen LogP contribution in [-0.2, 0) is 14.4 Å². The second-order valence-electron chi connectivity index (χ2n) is 6.47. The molecule has 2 aromatic rings. The highest BCUT2D eigenvalue weighted by atomic mass is 16.4. The topological polar surface area (TPSA) is 91.7 Å². The van der Waals surface area contributed by atoms with Gasteiger partial charge >= 0.3 is 11.9 Å². The van der Waals surface area contributed by atoms with E-state index in [2.05, 4.69) is 0 Å². The first kappa shape index (κ1) is 20.1. The zero-order valence-corrected chi connectivity index (χ0v) is 15.3. The van der Waals surface area contributed by atoms with Gasteiger partial charge in [0, 0.05) is 12.3 Å². The largest absolute Gasteiger partial charge is 0.481 e. The SMILES string of the molecule is Cc1ccc(C(CC(=O)C(C)c2ccccc2)=C(CC(=O)O)C(=O)O)cc1. The standard InChI is InChI=1S/C22H22O5/c1-14-8-10-17(11-9-14)18(19(22(26)27)13-21(24)25)12-20(23)15(2)16-6-4-3-5-7-16/h3-11,15H,12-13H2,1-2H3,(H,24,25)(H,26,27). The van der Waals surface area contributed by atoms with E-state index in [0.29, 0.717) is 5.56 Å². The van der Waals surface area contributed by atoms with Gasteiger partial charge in [-0.1, -0.05) is 67.1 Å². The van der Waals surface area contributed by atoms with E-state index in [-0.39, 0.29) is 23.4 Å². The third-order valence-electron chi connectivity index (χ3n) is 4.48. The lowest BCUT2D eigenvalue weighted by Crippen LogP contribution is -2.14. The van der Waals surface area contributed by atoms with Gasteiger partial charge in [-0.2, -0.15) is 0 Å². The van der Waals surface area contributed by atoms with E-state index >= 15 is 0 Å². The van der Waals surface area contributed by atoms with E-state index < -0.39 is 24.3 Å². The number of hydrogen-bond donors (Lipinski definition) is 2. The highest BCUT2D eigenvalue weighted by Crippen LogP contribution is 2.29. The van der Waals surface area contributed by atoms with E-state index in [0.717, 1.165) is 11.1 Å². The minimum atomic E-state index is -1.33. The average molecular weight is 366 g/mol. The van der Waals surface area contributed by atoms with Crippen molar-refractivity contribution in [3.8, 4) is 0 Å². The van der Waals surface area contributed by atoms with Crippen LogP contribution in [0, 0.1) is 6.92 Å². The van der Waals surface area contributed by atoms with Crippen molar-refractivity contribution in [3.63, 3.8) is 0 Å². The Kier molecular flexibility index (Phi) is 6.66. The number of rotatable bonds is 8. The number of carbonyl (C=O) groups is 3. The molecule has 0 fully saturated rings. The molecule has 1 unspecified atom stereocenters. The van der Waals surface area contributed by atoms with Gasteiger partial charge in [0.15, 0.2) is 0 Å². The van der Waals surface area contributed by atoms with Gasteiger partial charge in [-0.15, -0.1) is 0 Å². The fourth-order valence-electron chi connectivity index (χ4n) is 2.86. The molecule has 0 amide bonds. The fourth-order valence-corrected chi connectivity index (χ4v) is 2.86. The summed E-state index contributed by atoms with van der Waals surface area (Å²) < 4.78 is 0. The Hall–Kier alpha value is -3.21. The maximum absolute atomic E-state index is 12.8. The van der Waals surface area contributed by atoms with E-state index in [9.17, 15) is 19.5 Å². The van der Waals surface area contributed by atoms with Crippen LogP contribution in [0.2, 0.25) is 0 Å². The summed E-state index contributed by atoms with van der Waals surface area (Å²) in [5.41, 5.74) is 2.35. The molecule has 0 aliphatic heterocycles. The van der Waals surface area contributed by atoms with Gasteiger partial charge in [0.2, 0.25) is 0 Å². The Morgan fingerprint density at radius 3 is 2.00 bits per heavy atom. The van der Waals surface area contributed by atoms with Crippen molar-refractivity contribution in [2.45, 2.75) is 32.6 Å². The molecule has 0 aliphatic rings. The fraction of sp³-hybridized carbons (Fsp3) is 0.227. The summed E-state index contributed by atoms with van der Waals surface area (Å²) >= 11 is 0. The molecule has 27 heavy (non-hydrogen) atoms. The highest BCUT2D eigenvalue weighted by Gasteiger charge is 2.24. The molecular formula is C22H22O5. The molecule has 5 nitrogen and oxygen atoms in total. The average Bonchev–Trinajstić information content (AvgIpc) is 2.65. The Balaban J connectivity index is 2.46. The third kappa shape index (κ3) is 5.38.